The first kappa shape index (κ1) is 13.4. The lowest BCUT2D eigenvalue weighted by Gasteiger charge is -2.16. The molecular formula is C13H11ClFN3O. The minimum absolute atomic E-state index is 0.0824. The molecule has 4 nitrogen and oxygen atoms in total. The van der Waals surface area contributed by atoms with Gasteiger partial charge in [-0.25, -0.2) is 14.4 Å². The number of aldehydes is 1. The molecule has 0 saturated heterocycles. The van der Waals surface area contributed by atoms with Crippen LogP contribution < -0.4 is 5.32 Å². The van der Waals surface area contributed by atoms with Crippen LogP contribution in [0.4, 0.5) is 10.2 Å². The normalized spacial score (nSPS) is 11.9. The van der Waals surface area contributed by atoms with Crippen LogP contribution in [0, 0.1) is 5.82 Å². The number of benzene rings is 1. The molecule has 1 N–H and O–H groups in total. The SMILES string of the molecule is CC(Nc1ncnc(Cl)c1C=O)c1cccc(F)c1. The van der Waals surface area contributed by atoms with E-state index in [1.165, 1.54) is 18.5 Å². The zero-order valence-electron chi connectivity index (χ0n) is 10.1. The van der Waals surface area contributed by atoms with Gasteiger partial charge in [0.15, 0.2) is 6.29 Å². The van der Waals surface area contributed by atoms with Gasteiger partial charge in [-0.15, -0.1) is 0 Å². The van der Waals surface area contributed by atoms with Crippen LogP contribution in [0.1, 0.15) is 28.9 Å². The van der Waals surface area contributed by atoms with E-state index in [0.29, 0.717) is 12.1 Å². The minimum Gasteiger partial charge on any atom is -0.363 e. The second-order valence-corrected chi connectivity index (χ2v) is 4.32. The molecule has 1 atom stereocenters. The van der Waals surface area contributed by atoms with Crippen molar-refractivity contribution in [2.45, 2.75) is 13.0 Å². The average Bonchev–Trinajstić information content (AvgIpc) is 2.39. The number of halogens is 2. The Morgan fingerprint density at radius 2 is 2.21 bits per heavy atom. The first-order valence-electron chi connectivity index (χ1n) is 5.59. The third-order valence-corrected chi connectivity index (χ3v) is 2.96. The highest BCUT2D eigenvalue weighted by atomic mass is 35.5. The maximum Gasteiger partial charge on any atom is 0.156 e. The third kappa shape index (κ3) is 3.06. The maximum absolute atomic E-state index is 13.1. The summed E-state index contributed by atoms with van der Waals surface area (Å²) < 4.78 is 13.1. The molecule has 0 radical (unpaired) electrons. The van der Waals surface area contributed by atoms with Gasteiger partial charge in [0, 0.05) is 0 Å². The molecule has 1 aromatic carbocycles. The zero-order valence-corrected chi connectivity index (χ0v) is 10.9. The summed E-state index contributed by atoms with van der Waals surface area (Å²) >= 11 is 5.80. The molecule has 0 aliphatic rings. The molecule has 6 heteroatoms. The van der Waals surface area contributed by atoms with Crippen LogP contribution in [0.2, 0.25) is 5.15 Å². The Balaban J connectivity index is 2.26. The van der Waals surface area contributed by atoms with Crippen molar-refractivity contribution in [3.8, 4) is 0 Å². The number of hydrogen-bond acceptors (Lipinski definition) is 4. The van der Waals surface area contributed by atoms with Crippen LogP contribution in [-0.2, 0) is 0 Å². The van der Waals surface area contributed by atoms with Crippen LogP contribution in [0.3, 0.4) is 0 Å². The van der Waals surface area contributed by atoms with E-state index in [-0.39, 0.29) is 22.6 Å². The van der Waals surface area contributed by atoms with Crippen LogP contribution in [0.15, 0.2) is 30.6 Å². The third-order valence-electron chi connectivity index (χ3n) is 2.66. The van der Waals surface area contributed by atoms with Crippen LogP contribution >= 0.6 is 11.6 Å². The first-order chi connectivity index (χ1) is 9.11. The van der Waals surface area contributed by atoms with E-state index < -0.39 is 0 Å². The number of anilines is 1. The molecule has 1 heterocycles. The number of nitrogens with one attached hydrogen (secondary N) is 1. The number of aromatic nitrogens is 2. The summed E-state index contributed by atoms with van der Waals surface area (Å²) in [6, 6.07) is 5.97. The van der Waals surface area contributed by atoms with E-state index in [1.54, 1.807) is 12.1 Å². The van der Waals surface area contributed by atoms with Crippen LogP contribution in [0.5, 0.6) is 0 Å². The molecule has 0 spiro atoms. The van der Waals surface area contributed by atoms with E-state index in [9.17, 15) is 9.18 Å². The van der Waals surface area contributed by atoms with Gasteiger partial charge in [-0.1, -0.05) is 23.7 Å². The maximum atomic E-state index is 13.1. The van der Waals surface area contributed by atoms with Gasteiger partial charge in [-0.2, -0.15) is 0 Å². The predicted molar refractivity (Wildman–Crippen MR) is 70.9 cm³/mol. The van der Waals surface area contributed by atoms with E-state index in [2.05, 4.69) is 15.3 Å². The Bertz CT molecular complexity index is 606. The largest absolute Gasteiger partial charge is 0.363 e. The molecule has 0 saturated carbocycles. The summed E-state index contributed by atoms with van der Waals surface area (Å²) in [4.78, 5) is 18.7. The average molecular weight is 280 g/mol. The number of nitrogens with zero attached hydrogens (tertiary/aromatic N) is 2. The van der Waals surface area contributed by atoms with Gasteiger partial charge < -0.3 is 5.32 Å². The smallest absolute Gasteiger partial charge is 0.156 e. The Labute approximate surface area is 114 Å². The van der Waals surface area contributed by atoms with Crippen LogP contribution in [0.25, 0.3) is 0 Å². The minimum atomic E-state index is -0.317. The lowest BCUT2D eigenvalue weighted by Crippen LogP contribution is -2.10. The monoisotopic (exact) mass is 279 g/mol. The summed E-state index contributed by atoms with van der Waals surface area (Å²) in [7, 11) is 0. The lowest BCUT2D eigenvalue weighted by molar-refractivity contribution is 0.112. The summed E-state index contributed by atoms with van der Waals surface area (Å²) in [5, 5.41) is 3.09. The number of carbonyl (C=O) groups is 1. The van der Waals surface area contributed by atoms with Crippen molar-refractivity contribution in [1.29, 1.82) is 0 Å². The predicted octanol–water partition coefficient (Wildman–Crippen LogP) is 3.25. The molecule has 19 heavy (non-hydrogen) atoms. The van der Waals surface area contributed by atoms with Gasteiger partial charge in [0.05, 0.1) is 11.6 Å². The molecule has 2 rings (SSSR count). The van der Waals surface area contributed by atoms with E-state index in [4.69, 9.17) is 11.6 Å². The van der Waals surface area contributed by atoms with Gasteiger partial charge in [0.1, 0.15) is 23.1 Å². The van der Waals surface area contributed by atoms with Gasteiger partial charge in [0.25, 0.3) is 0 Å². The quantitative estimate of drug-likeness (QED) is 0.689. The fourth-order valence-corrected chi connectivity index (χ4v) is 1.84. The van der Waals surface area contributed by atoms with Crippen molar-refractivity contribution in [2.75, 3.05) is 5.32 Å². The number of rotatable bonds is 4. The van der Waals surface area contributed by atoms with Crippen molar-refractivity contribution >= 4 is 23.7 Å². The topological polar surface area (TPSA) is 54.9 Å². The van der Waals surface area contributed by atoms with Gasteiger partial charge in [-0.3, -0.25) is 4.79 Å². The number of carbonyl (C=O) groups excluding carboxylic acids is 1. The zero-order chi connectivity index (χ0) is 13.8. The van der Waals surface area contributed by atoms with Gasteiger partial charge in [0.2, 0.25) is 0 Å². The molecule has 0 amide bonds. The van der Waals surface area contributed by atoms with Crippen molar-refractivity contribution in [3.63, 3.8) is 0 Å². The second kappa shape index (κ2) is 5.75. The van der Waals surface area contributed by atoms with Gasteiger partial charge in [-0.05, 0) is 24.6 Å². The Hall–Kier alpha value is -2.01. The molecule has 98 valence electrons. The second-order valence-electron chi connectivity index (χ2n) is 3.97. The van der Waals surface area contributed by atoms with E-state index in [0.717, 1.165) is 5.56 Å². The molecule has 2 aromatic rings. The molecule has 0 bridgehead atoms. The number of hydrogen-bond donors (Lipinski definition) is 1. The summed E-state index contributed by atoms with van der Waals surface area (Å²) in [6.07, 6.45) is 1.85. The summed E-state index contributed by atoms with van der Waals surface area (Å²) in [6.45, 7) is 1.83. The fourth-order valence-electron chi connectivity index (χ4n) is 1.66. The molecular weight excluding hydrogens is 269 g/mol. The highest BCUT2D eigenvalue weighted by Crippen LogP contribution is 2.23. The summed E-state index contributed by atoms with van der Waals surface area (Å²) in [5.41, 5.74) is 0.930. The van der Waals surface area contributed by atoms with Crippen molar-refractivity contribution < 1.29 is 9.18 Å². The highest BCUT2D eigenvalue weighted by molar-refractivity contribution is 6.32. The standard InChI is InChI=1S/C13H11ClFN3O/c1-8(9-3-2-4-10(15)5-9)18-13-11(6-19)12(14)16-7-17-13/h2-8H,1H3,(H,16,17,18). The molecule has 0 aliphatic carbocycles. The van der Waals surface area contributed by atoms with Crippen LogP contribution in [-0.4, -0.2) is 16.3 Å². The molecule has 0 fully saturated rings. The van der Waals surface area contributed by atoms with Crippen molar-refractivity contribution in [3.05, 3.63) is 52.7 Å². The van der Waals surface area contributed by atoms with Crippen molar-refractivity contribution in [1.82, 2.24) is 9.97 Å². The lowest BCUT2D eigenvalue weighted by atomic mass is 10.1. The fraction of sp³-hybridized carbons (Fsp3) is 0.154. The Kier molecular flexibility index (Phi) is 4.06. The van der Waals surface area contributed by atoms with E-state index >= 15 is 0 Å². The summed E-state index contributed by atoms with van der Waals surface area (Å²) in [5.74, 6) is 0.00856. The Morgan fingerprint density at radius 3 is 2.89 bits per heavy atom. The molecule has 0 aliphatic heterocycles. The van der Waals surface area contributed by atoms with E-state index in [1.807, 2.05) is 6.92 Å². The molecule has 1 aromatic heterocycles. The Morgan fingerprint density at radius 1 is 1.42 bits per heavy atom. The molecule has 1 unspecified atom stereocenters. The van der Waals surface area contributed by atoms with Crippen molar-refractivity contribution in [2.24, 2.45) is 0 Å². The van der Waals surface area contributed by atoms with Gasteiger partial charge >= 0.3 is 0 Å². The highest BCUT2D eigenvalue weighted by Gasteiger charge is 2.12. The first-order valence-corrected chi connectivity index (χ1v) is 5.97.